The molecule has 0 aliphatic heterocycles. The summed E-state index contributed by atoms with van der Waals surface area (Å²) in [5.74, 6) is 0.469. The third-order valence-electron chi connectivity index (χ3n) is 3.76. The molecule has 0 radical (unpaired) electrons. The van der Waals surface area contributed by atoms with Crippen molar-refractivity contribution in [3.63, 3.8) is 0 Å². The minimum absolute atomic E-state index is 0.177. The van der Waals surface area contributed by atoms with Gasteiger partial charge in [-0.1, -0.05) is 23.2 Å². The Balaban J connectivity index is 1.67. The van der Waals surface area contributed by atoms with Crippen molar-refractivity contribution < 1.29 is 4.42 Å². The van der Waals surface area contributed by atoms with Crippen molar-refractivity contribution in [2.75, 3.05) is 0 Å². The maximum Gasteiger partial charge on any atom is 0.261 e. The molecule has 0 saturated carbocycles. The van der Waals surface area contributed by atoms with Crippen LogP contribution >= 0.6 is 23.2 Å². The summed E-state index contributed by atoms with van der Waals surface area (Å²) in [4.78, 5) is 21.3. The fourth-order valence-corrected chi connectivity index (χ4v) is 2.82. The van der Waals surface area contributed by atoms with Crippen LogP contribution in [0.4, 0.5) is 0 Å². The highest BCUT2D eigenvalue weighted by atomic mass is 35.5. The van der Waals surface area contributed by atoms with Gasteiger partial charge in [-0.15, -0.1) is 0 Å². The van der Waals surface area contributed by atoms with E-state index in [-0.39, 0.29) is 12.1 Å². The summed E-state index contributed by atoms with van der Waals surface area (Å²) in [6.07, 6.45) is 3.02. The van der Waals surface area contributed by atoms with Crippen molar-refractivity contribution in [2.45, 2.75) is 6.54 Å². The Labute approximate surface area is 152 Å². The highest BCUT2D eigenvalue weighted by Gasteiger charge is 2.10. The monoisotopic (exact) mass is 371 g/mol. The Hall–Kier alpha value is -2.63. The highest BCUT2D eigenvalue weighted by Crippen LogP contribution is 2.21. The standard InChI is InChI=1S/C18H11Cl2N3O2/c19-12-3-1-11(2-4-12)17-22-14(9-25-17)8-23-10-21-16-6-5-13(20)7-15(16)18(23)24/h1-7,9-10H,8H2. The summed E-state index contributed by atoms with van der Waals surface area (Å²) < 4.78 is 6.97. The fraction of sp³-hybridized carbons (Fsp3) is 0.0556. The lowest BCUT2D eigenvalue weighted by atomic mass is 10.2. The first-order valence-electron chi connectivity index (χ1n) is 7.45. The maximum atomic E-state index is 12.6. The van der Waals surface area contributed by atoms with E-state index in [2.05, 4.69) is 9.97 Å². The third kappa shape index (κ3) is 3.16. The minimum Gasteiger partial charge on any atom is -0.444 e. The van der Waals surface area contributed by atoms with Gasteiger partial charge in [-0.2, -0.15) is 0 Å². The van der Waals surface area contributed by atoms with E-state index in [9.17, 15) is 4.79 Å². The molecule has 0 atom stereocenters. The Morgan fingerprint density at radius 1 is 1.04 bits per heavy atom. The molecular weight excluding hydrogens is 361 g/mol. The van der Waals surface area contributed by atoms with Crippen molar-refractivity contribution in [1.29, 1.82) is 0 Å². The first-order chi connectivity index (χ1) is 12.1. The third-order valence-corrected chi connectivity index (χ3v) is 4.25. The molecule has 124 valence electrons. The second kappa shape index (κ2) is 6.35. The van der Waals surface area contributed by atoms with Crippen LogP contribution in [0.15, 0.2) is 64.3 Å². The molecule has 0 N–H and O–H groups in total. The van der Waals surface area contributed by atoms with Crippen LogP contribution in [0.2, 0.25) is 10.0 Å². The number of oxazole rings is 1. The van der Waals surface area contributed by atoms with Gasteiger partial charge in [0.15, 0.2) is 0 Å². The molecule has 2 aromatic heterocycles. The second-order valence-corrected chi connectivity index (χ2v) is 6.36. The van der Waals surface area contributed by atoms with E-state index in [1.807, 2.05) is 12.1 Å². The molecule has 2 aromatic carbocycles. The minimum atomic E-state index is -0.177. The van der Waals surface area contributed by atoms with Gasteiger partial charge in [0.25, 0.3) is 5.56 Å². The van der Waals surface area contributed by atoms with Crippen LogP contribution in [0, 0.1) is 0 Å². The van der Waals surface area contributed by atoms with E-state index in [1.54, 1.807) is 30.3 Å². The van der Waals surface area contributed by atoms with Crippen LogP contribution in [0.25, 0.3) is 22.4 Å². The normalized spacial score (nSPS) is 11.1. The summed E-state index contributed by atoms with van der Waals surface area (Å²) in [7, 11) is 0. The molecule has 4 aromatic rings. The summed E-state index contributed by atoms with van der Waals surface area (Å²) in [5.41, 5.74) is 1.86. The molecule has 5 nitrogen and oxygen atoms in total. The van der Waals surface area contributed by atoms with Crippen molar-refractivity contribution in [1.82, 2.24) is 14.5 Å². The molecule has 0 aliphatic rings. The van der Waals surface area contributed by atoms with Crippen LogP contribution in [0.5, 0.6) is 0 Å². The smallest absolute Gasteiger partial charge is 0.261 e. The molecule has 0 bridgehead atoms. The number of fused-ring (bicyclic) bond motifs is 1. The predicted molar refractivity (Wildman–Crippen MR) is 97.1 cm³/mol. The van der Waals surface area contributed by atoms with Crippen LogP contribution in [0.3, 0.4) is 0 Å². The predicted octanol–water partition coefficient (Wildman–Crippen LogP) is 4.41. The number of rotatable bonds is 3. The summed E-state index contributed by atoms with van der Waals surface area (Å²) in [6.45, 7) is 0.255. The van der Waals surface area contributed by atoms with Crippen molar-refractivity contribution in [2.24, 2.45) is 0 Å². The second-order valence-electron chi connectivity index (χ2n) is 5.49. The molecule has 0 saturated heterocycles. The number of halogens is 2. The van der Waals surface area contributed by atoms with Gasteiger partial charge in [0.05, 0.1) is 29.5 Å². The summed E-state index contributed by atoms with van der Waals surface area (Å²) in [6, 6.07) is 12.2. The average Bonchev–Trinajstić information content (AvgIpc) is 3.07. The Bertz CT molecular complexity index is 1120. The van der Waals surface area contributed by atoms with E-state index < -0.39 is 0 Å². The van der Waals surface area contributed by atoms with Gasteiger partial charge in [0.1, 0.15) is 6.26 Å². The van der Waals surface area contributed by atoms with E-state index in [0.717, 1.165) is 5.56 Å². The molecule has 0 spiro atoms. The lowest BCUT2D eigenvalue weighted by molar-refractivity contribution is 0.571. The average molecular weight is 372 g/mol. The zero-order chi connectivity index (χ0) is 17.4. The van der Waals surface area contributed by atoms with Gasteiger partial charge in [-0.05, 0) is 42.5 Å². The van der Waals surface area contributed by atoms with Gasteiger partial charge in [-0.25, -0.2) is 9.97 Å². The molecular formula is C18H11Cl2N3O2. The van der Waals surface area contributed by atoms with Gasteiger partial charge in [-0.3, -0.25) is 9.36 Å². The van der Waals surface area contributed by atoms with Crippen molar-refractivity contribution in [3.8, 4) is 11.5 Å². The largest absolute Gasteiger partial charge is 0.444 e. The highest BCUT2D eigenvalue weighted by molar-refractivity contribution is 6.31. The zero-order valence-electron chi connectivity index (χ0n) is 12.8. The lowest BCUT2D eigenvalue weighted by Crippen LogP contribution is -2.21. The number of hydrogen-bond acceptors (Lipinski definition) is 4. The number of benzene rings is 2. The van der Waals surface area contributed by atoms with Gasteiger partial charge < -0.3 is 4.42 Å². The van der Waals surface area contributed by atoms with E-state index in [0.29, 0.717) is 32.5 Å². The van der Waals surface area contributed by atoms with Crippen LogP contribution in [-0.2, 0) is 6.54 Å². The number of hydrogen-bond donors (Lipinski definition) is 0. The van der Waals surface area contributed by atoms with Gasteiger partial charge in [0.2, 0.25) is 5.89 Å². The van der Waals surface area contributed by atoms with E-state index >= 15 is 0 Å². The Kier molecular flexibility index (Phi) is 4.03. The molecule has 7 heteroatoms. The lowest BCUT2D eigenvalue weighted by Gasteiger charge is -2.04. The van der Waals surface area contributed by atoms with E-state index in [4.69, 9.17) is 27.6 Å². The van der Waals surface area contributed by atoms with Crippen LogP contribution in [0.1, 0.15) is 5.69 Å². The number of nitrogens with zero attached hydrogens (tertiary/aromatic N) is 3. The number of aromatic nitrogens is 3. The van der Waals surface area contributed by atoms with Crippen LogP contribution < -0.4 is 5.56 Å². The molecule has 4 rings (SSSR count). The molecule has 0 amide bonds. The first-order valence-corrected chi connectivity index (χ1v) is 8.21. The Morgan fingerprint density at radius 2 is 1.80 bits per heavy atom. The topological polar surface area (TPSA) is 60.9 Å². The maximum absolute atomic E-state index is 12.6. The van der Waals surface area contributed by atoms with Crippen molar-refractivity contribution in [3.05, 3.63) is 81.1 Å². The molecule has 0 fully saturated rings. The summed E-state index contributed by atoms with van der Waals surface area (Å²) in [5, 5.41) is 1.61. The van der Waals surface area contributed by atoms with Gasteiger partial charge in [0, 0.05) is 15.6 Å². The SMILES string of the molecule is O=c1c2cc(Cl)ccc2ncn1Cc1coc(-c2ccc(Cl)cc2)n1. The van der Waals surface area contributed by atoms with Crippen LogP contribution in [-0.4, -0.2) is 14.5 Å². The Morgan fingerprint density at radius 3 is 2.60 bits per heavy atom. The molecule has 0 aliphatic carbocycles. The van der Waals surface area contributed by atoms with E-state index in [1.165, 1.54) is 17.2 Å². The zero-order valence-corrected chi connectivity index (χ0v) is 14.3. The quantitative estimate of drug-likeness (QED) is 0.535. The molecule has 2 heterocycles. The molecule has 25 heavy (non-hydrogen) atoms. The van der Waals surface area contributed by atoms with Gasteiger partial charge >= 0.3 is 0 Å². The first kappa shape index (κ1) is 15.9. The molecule has 0 unspecified atom stereocenters. The summed E-state index contributed by atoms with van der Waals surface area (Å²) >= 11 is 11.9. The fourth-order valence-electron chi connectivity index (χ4n) is 2.52. The van der Waals surface area contributed by atoms with Crippen molar-refractivity contribution >= 4 is 34.1 Å².